The average molecular weight is 229 g/mol. The van der Waals surface area contributed by atoms with Crippen LogP contribution >= 0.6 is 11.8 Å². The van der Waals surface area contributed by atoms with E-state index in [1.54, 1.807) is 0 Å². The number of carbonyl (C=O) groups is 1. The van der Waals surface area contributed by atoms with Gasteiger partial charge in [-0.2, -0.15) is 11.8 Å². The van der Waals surface area contributed by atoms with E-state index in [9.17, 15) is 4.79 Å². The maximum Gasteiger partial charge on any atom is 0.410 e. The van der Waals surface area contributed by atoms with Crippen LogP contribution in [0.25, 0.3) is 0 Å². The third kappa shape index (κ3) is 3.30. The summed E-state index contributed by atoms with van der Waals surface area (Å²) in [6, 6.07) is 0. The molecule has 2 fully saturated rings. The number of piperidine rings is 1. The number of ether oxygens (including phenoxy) is 1. The molecule has 0 aromatic rings. The Hall–Kier alpha value is -0.380. The summed E-state index contributed by atoms with van der Waals surface area (Å²) in [5, 5.41) is 0. The molecule has 0 atom stereocenters. The van der Waals surface area contributed by atoms with Gasteiger partial charge < -0.3 is 9.64 Å². The molecule has 4 heteroatoms. The summed E-state index contributed by atoms with van der Waals surface area (Å²) in [5.74, 6) is 2.27. The Kier molecular flexibility index (Phi) is 4.18. The molecule has 3 nitrogen and oxygen atoms in total. The summed E-state index contributed by atoms with van der Waals surface area (Å²) in [4.78, 5) is 13.6. The van der Waals surface area contributed by atoms with E-state index in [1.165, 1.54) is 6.42 Å². The predicted octanol–water partition coefficient (Wildman–Crippen LogP) is 2.50. The number of amides is 1. The Morgan fingerprint density at radius 3 is 2.47 bits per heavy atom. The number of thioether (sulfide) groups is 1. The molecule has 2 rings (SSSR count). The first-order valence-corrected chi connectivity index (χ1v) is 7.05. The minimum atomic E-state index is -0.0772. The van der Waals surface area contributed by atoms with Crippen LogP contribution in [0.15, 0.2) is 0 Å². The monoisotopic (exact) mass is 229 g/mol. The average Bonchev–Trinajstić information content (AvgIpc) is 2.31. The fraction of sp³-hybridized carbons (Fsp3) is 0.909. The lowest BCUT2D eigenvalue weighted by Gasteiger charge is -2.29. The van der Waals surface area contributed by atoms with Crippen LogP contribution in [0, 0.1) is 0 Å². The van der Waals surface area contributed by atoms with E-state index in [-0.39, 0.29) is 12.2 Å². The highest BCUT2D eigenvalue weighted by Crippen LogP contribution is 2.21. The Morgan fingerprint density at radius 2 is 1.80 bits per heavy atom. The van der Waals surface area contributed by atoms with Crippen LogP contribution in [0.4, 0.5) is 4.79 Å². The van der Waals surface area contributed by atoms with E-state index in [0.717, 1.165) is 50.3 Å². The van der Waals surface area contributed by atoms with Crippen molar-refractivity contribution in [3.8, 4) is 0 Å². The van der Waals surface area contributed by atoms with Gasteiger partial charge in [0.25, 0.3) is 0 Å². The molecular formula is C11H19NO2S. The molecule has 2 aliphatic heterocycles. The van der Waals surface area contributed by atoms with Crippen LogP contribution in [-0.2, 0) is 4.74 Å². The highest BCUT2D eigenvalue weighted by molar-refractivity contribution is 7.99. The van der Waals surface area contributed by atoms with Crippen LogP contribution in [0.3, 0.4) is 0 Å². The van der Waals surface area contributed by atoms with Crippen molar-refractivity contribution in [2.24, 2.45) is 0 Å². The molecular weight excluding hydrogens is 210 g/mol. The molecule has 2 heterocycles. The third-order valence-corrected chi connectivity index (χ3v) is 4.10. The van der Waals surface area contributed by atoms with Crippen LogP contribution in [0.1, 0.15) is 32.1 Å². The van der Waals surface area contributed by atoms with E-state index >= 15 is 0 Å². The van der Waals surface area contributed by atoms with Crippen LogP contribution in [0.2, 0.25) is 0 Å². The lowest BCUT2D eigenvalue weighted by Crippen LogP contribution is -2.38. The summed E-state index contributed by atoms with van der Waals surface area (Å²) in [5.41, 5.74) is 0. The second-order valence-corrected chi connectivity index (χ2v) is 5.47. The fourth-order valence-corrected chi connectivity index (χ4v) is 3.15. The molecule has 0 saturated carbocycles. The predicted molar refractivity (Wildman–Crippen MR) is 62.3 cm³/mol. The maximum absolute atomic E-state index is 11.8. The minimum Gasteiger partial charge on any atom is -0.446 e. The summed E-state index contributed by atoms with van der Waals surface area (Å²) in [6.45, 7) is 1.78. The number of rotatable bonds is 1. The zero-order valence-corrected chi connectivity index (χ0v) is 9.93. The molecule has 15 heavy (non-hydrogen) atoms. The highest BCUT2D eigenvalue weighted by atomic mass is 32.2. The van der Waals surface area contributed by atoms with E-state index in [4.69, 9.17) is 4.74 Å². The van der Waals surface area contributed by atoms with Crippen molar-refractivity contribution in [3.05, 3.63) is 0 Å². The second kappa shape index (κ2) is 5.64. The highest BCUT2D eigenvalue weighted by Gasteiger charge is 2.22. The van der Waals surface area contributed by atoms with Gasteiger partial charge in [0, 0.05) is 13.1 Å². The van der Waals surface area contributed by atoms with Gasteiger partial charge in [0.05, 0.1) is 0 Å². The largest absolute Gasteiger partial charge is 0.446 e. The third-order valence-electron chi connectivity index (χ3n) is 3.05. The van der Waals surface area contributed by atoms with Gasteiger partial charge in [-0.05, 0) is 43.6 Å². The van der Waals surface area contributed by atoms with Gasteiger partial charge in [-0.3, -0.25) is 0 Å². The van der Waals surface area contributed by atoms with Crippen molar-refractivity contribution < 1.29 is 9.53 Å². The molecule has 0 spiro atoms. The zero-order valence-electron chi connectivity index (χ0n) is 9.11. The van der Waals surface area contributed by atoms with Crippen molar-refractivity contribution in [2.75, 3.05) is 24.6 Å². The number of nitrogens with zero attached hydrogens (tertiary/aromatic N) is 1. The summed E-state index contributed by atoms with van der Waals surface area (Å²) in [6.07, 6.45) is 5.69. The molecule has 0 N–H and O–H groups in total. The minimum absolute atomic E-state index is 0.0772. The zero-order chi connectivity index (χ0) is 10.5. The SMILES string of the molecule is O=C(OC1CCSCC1)N1CCCCC1. The van der Waals surface area contributed by atoms with Crippen LogP contribution in [-0.4, -0.2) is 41.7 Å². The van der Waals surface area contributed by atoms with Crippen molar-refractivity contribution in [1.29, 1.82) is 0 Å². The van der Waals surface area contributed by atoms with Gasteiger partial charge in [0.2, 0.25) is 0 Å². The first kappa shape index (κ1) is 11.1. The van der Waals surface area contributed by atoms with Crippen molar-refractivity contribution in [3.63, 3.8) is 0 Å². The van der Waals surface area contributed by atoms with Crippen molar-refractivity contribution in [2.45, 2.75) is 38.2 Å². The first-order chi connectivity index (χ1) is 7.36. The van der Waals surface area contributed by atoms with Crippen LogP contribution < -0.4 is 0 Å². The normalized spacial score (nSPS) is 23.9. The molecule has 1 amide bonds. The van der Waals surface area contributed by atoms with Gasteiger partial charge in [-0.15, -0.1) is 0 Å². The molecule has 2 saturated heterocycles. The van der Waals surface area contributed by atoms with E-state index in [1.807, 2.05) is 16.7 Å². The smallest absolute Gasteiger partial charge is 0.410 e. The van der Waals surface area contributed by atoms with Gasteiger partial charge in [0.1, 0.15) is 6.10 Å². The van der Waals surface area contributed by atoms with E-state index in [0.29, 0.717) is 0 Å². The standard InChI is InChI=1S/C11H19NO2S/c13-11(12-6-2-1-3-7-12)14-10-4-8-15-9-5-10/h10H,1-9H2. The summed E-state index contributed by atoms with van der Waals surface area (Å²) >= 11 is 1.96. The molecule has 0 aromatic heterocycles. The molecule has 0 radical (unpaired) electrons. The Bertz CT molecular complexity index is 211. The summed E-state index contributed by atoms with van der Waals surface area (Å²) < 4.78 is 5.50. The molecule has 86 valence electrons. The summed E-state index contributed by atoms with van der Waals surface area (Å²) in [7, 11) is 0. The second-order valence-electron chi connectivity index (χ2n) is 4.24. The van der Waals surface area contributed by atoms with Crippen LogP contribution in [0.5, 0.6) is 0 Å². The Morgan fingerprint density at radius 1 is 1.13 bits per heavy atom. The molecule has 0 unspecified atom stereocenters. The number of hydrogen-bond acceptors (Lipinski definition) is 3. The number of hydrogen-bond donors (Lipinski definition) is 0. The lowest BCUT2D eigenvalue weighted by molar-refractivity contribution is 0.0543. The van der Waals surface area contributed by atoms with Gasteiger partial charge in [0.15, 0.2) is 0 Å². The van der Waals surface area contributed by atoms with E-state index in [2.05, 4.69) is 0 Å². The van der Waals surface area contributed by atoms with Gasteiger partial charge in [-0.25, -0.2) is 4.79 Å². The lowest BCUT2D eigenvalue weighted by atomic mass is 10.1. The topological polar surface area (TPSA) is 29.5 Å². The first-order valence-electron chi connectivity index (χ1n) is 5.89. The van der Waals surface area contributed by atoms with Crippen molar-refractivity contribution in [1.82, 2.24) is 4.90 Å². The molecule has 0 bridgehead atoms. The Labute approximate surface area is 95.5 Å². The quantitative estimate of drug-likeness (QED) is 0.692. The van der Waals surface area contributed by atoms with E-state index < -0.39 is 0 Å². The van der Waals surface area contributed by atoms with Crippen molar-refractivity contribution >= 4 is 17.9 Å². The van der Waals surface area contributed by atoms with Gasteiger partial charge >= 0.3 is 6.09 Å². The van der Waals surface area contributed by atoms with Gasteiger partial charge in [-0.1, -0.05) is 0 Å². The number of likely N-dealkylation sites (tertiary alicyclic amines) is 1. The number of carbonyl (C=O) groups excluding carboxylic acids is 1. The molecule has 0 aliphatic carbocycles. The fourth-order valence-electron chi connectivity index (χ4n) is 2.09. The Balaban J connectivity index is 1.74. The maximum atomic E-state index is 11.8. The molecule has 0 aromatic carbocycles. The molecule has 2 aliphatic rings.